The molecular weight excluding hydrogens is 288 g/mol. The van der Waals surface area contributed by atoms with Gasteiger partial charge in [-0.1, -0.05) is 19.9 Å². The third-order valence-electron chi connectivity index (χ3n) is 2.91. The van der Waals surface area contributed by atoms with E-state index in [2.05, 4.69) is 24.5 Å². The molecular formula is C16H27ClN2O2. The number of anilines is 1. The Labute approximate surface area is 134 Å². The Morgan fingerprint density at radius 1 is 1.33 bits per heavy atom. The second-order valence-electron chi connectivity index (χ2n) is 5.31. The van der Waals surface area contributed by atoms with Crippen molar-refractivity contribution in [2.75, 3.05) is 25.5 Å². The Morgan fingerprint density at radius 2 is 2.10 bits per heavy atom. The summed E-state index contributed by atoms with van der Waals surface area (Å²) in [6.07, 6.45) is 2.40. The first-order chi connectivity index (χ1) is 9.61. The highest BCUT2D eigenvalue weighted by atomic mass is 35.5. The molecule has 120 valence electrons. The molecule has 0 fully saturated rings. The first kappa shape index (κ1) is 19.7. The summed E-state index contributed by atoms with van der Waals surface area (Å²) in [7, 11) is 1.88. The number of halogens is 1. The monoisotopic (exact) mass is 314 g/mol. The molecule has 0 aromatic heterocycles. The minimum atomic E-state index is 0. The molecule has 1 aromatic carbocycles. The minimum Gasteiger partial charge on any atom is -0.494 e. The third-order valence-corrected chi connectivity index (χ3v) is 2.91. The van der Waals surface area contributed by atoms with E-state index < -0.39 is 0 Å². The molecule has 1 rings (SSSR count). The van der Waals surface area contributed by atoms with Crippen LogP contribution < -0.4 is 15.4 Å². The summed E-state index contributed by atoms with van der Waals surface area (Å²) in [6, 6.07) is 7.56. The van der Waals surface area contributed by atoms with Gasteiger partial charge in [-0.3, -0.25) is 4.79 Å². The third kappa shape index (κ3) is 9.32. The number of rotatable bonds is 9. The molecule has 0 heterocycles. The number of hydrogen-bond donors (Lipinski definition) is 2. The quantitative estimate of drug-likeness (QED) is 0.686. The number of amides is 1. The standard InChI is InChI=1S/C16H26N2O2.ClH/c1-13(2)9-11-20-15-7-4-6-14(12-15)18-16(19)8-5-10-17-3;/h4,6-7,12-13,17H,5,8-11H2,1-3H3,(H,18,19);1H. The fourth-order valence-corrected chi connectivity index (χ4v) is 1.73. The van der Waals surface area contributed by atoms with E-state index in [1.807, 2.05) is 31.3 Å². The van der Waals surface area contributed by atoms with E-state index in [0.717, 1.165) is 30.8 Å². The molecule has 0 aliphatic rings. The topological polar surface area (TPSA) is 50.4 Å². The van der Waals surface area contributed by atoms with Crippen LogP contribution in [0.3, 0.4) is 0 Å². The fraction of sp³-hybridized carbons (Fsp3) is 0.562. The van der Waals surface area contributed by atoms with Crippen LogP contribution in [0.25, 0.3) is 0 Å². The van der Waals surface area contributed by atoms with Gasteiger partial charge < -0.3 is 15.4 Å². The first-order valence-electron chi connectivity index (χ1n) is 7.29. The molecule has 0 atom stereocenters. The zero-order valence-electron chi connectivity index (χ0n) is 13.1. The van der Waals surface area contributed by atoms with E-state index in [9.17, 15) is 4.79 Å². The fourth-order valence-electron chi connectivity index (χ4n) is 1.73. The SMILES string of the molecule is CNCCCC(=O)Nc1cccc(OCCC(C)C)c1.Cl. The summed E-state index contributed by atoms with van der Waals surface area (Å²) >= 11 is 0. The van der Waals surface area contributed by atoms with Crippen LogP contribution in [0, 0.1) is 5.92 Å². The van der Waals surface area contributed by atoms with E-state index in [-0.39, 0.29) is 18.3 Å². The number of carbonyl (C=O) groups excluding carboxylic acids is 1. The highest BCUT2D eigenvalue weighted by Crippen LogP contribution is 2.18. The van der Waals surface area contributed by atoms with Crippen molar-refractivity contribution in [2.24, 2.45) is 5.92 Å². The molecule has 0 radical (unpaired) electrons. The Bertz CT molecular complexity index is 411. The van der Waals surface area contributed by atoms with E-state index in [4.69, 9.17) is 4.74 Å². The average molecular weight is 315 g/mol. The van der Waals surface area contributed by atoms with Crippen molar-refractivity contribution >= 4 is 24.0 Å². The van der Waals surface area contributed by atoms with Crippen molar-refractivity contribution in [3.63, 3.8) is 0 Å². The Morgan fingerprint density at radius 3 is 2.76 bits per heavy atom. The highest BCUT2D eigenvalue weighted by Gasteiger charge is 2.03. The highest BCUT2D eigenvalue weighted by molar-refractivity contribution is 5.90. The van der Waals surface area contributed by atoms with Gasteiger partial charge in [0, 0.05) is 18.2 Å². The van der Waals surface area contributed by atoms with Crippen LogP contribution in [0.4, 0.5) is 5.69 Å². The van der Waals surface area contributed by atoms with Crippen molar-refractivity contribution in [1.82, 2.24) is 5.32 Å². The van der Waals surface area contributed by atoms with Crippen molar-refractivity contribution < 1.29 is 9.53 Å². The molecule has 1 amide bonds. The molecule has 0 saturated heterocycles. The van der Waals surface area contributed by atoms with Gasteiger partial charge in [-0.15, -0.1) is 12.4 Å². The summed E-state index contributed by atoms with van der Waals surface area (Å²) in [4.78, 5) is 11.7. The van der Waals surface area contributed by atoms with Gasteiger partial charge in [-0.05, 0) is 44.5 Å². The van der Waals surface area contributed by atoms with Crippen LogP contribution in [-0.4, -0.2) is 26.1 Å². The molecule has 5 heteroatoms. The normalized spacial score (nSPS) is 10.1. The smallest absolute Gasteiger partial charge is 0.224 e. The molecule has 4 nitrogen and oxygen atoms in total. The first-order valence-corrected chi connectivity index (χ1v) is 7.29. The maximum absolute atomic E-state index is 11.7. The molecule has 0 aliphatic carbocycles. The largest absolute Gasteiger partial charge is 0.494 e. The summed E-state index contributed by atoms with van der Waals surface area (Å²) in [5.74, 6) is 1.48. The second-order valence-corrected chi connectivity index (χ2v) is 5.31. The molecule has 21 heavy (non-hydrogen) atoms. The number of carbonyl (C=O) groups is 1. The summed E-state index contributed by atoms with van der Waals surface area (Å²) in [5.41, 5.74) is 0.793. The lowest BCUT2D eigenvalue weighted by molar-refractivity contribution is -0.116. The van der Waals surface area contributed by atoms with Gasteiger partial charge in [-0.2, -0.15) is 0 Å². The van der Waals surface area contributed by atoms with E-state index in [0.29, 0.717) is 18.9 Å². The summed E-state index contributed by atoms with van der Waals surface area (Å²) in [5, 5.41) is 5.92. The Balaban J connectivity index is 0.00000400. The van der Waals surface area contributed by atoms with Gasteiger partial charge in [0.1, 0.15) is 5.75 Å². The molecule has 2 N–H and O–H groups in total. The summed E-state index contributed by atoms with van der Waals surface area (Å²) < 4.78 is 5.68. The second kappa shape index (κ2) is 11.4. The van der Waals surface area contributed by atoms with E-state index in [1.165, 1.54) is 0 Å². The van der Waals surface area contributed by atoms with Crippen LogP contribution in [0.1, 0.15) is 33.1 Å². The van der Waals surface area contributed by atoms with Crippen LogP contribution in [0.15, 0.2) is 24.3 Å². The molecule has 0 unspecified atom stereocenters. The van der Waals surface area contributed by atoms with Gasteiger partial charge in [0.05, 0.1) is 6.61 Å². The lowest BCUT2D eigenvalue weighted by Crippen LogP contribution is -2.15. The number of ether oxygens (including phenoxy) is 1. The maximum Gasteiger partial charge on any atom is 0.224 e. The van der Waals surface area contributed by atoms with E-state index in [1.54, 1.807) is 0 Å². The molecule has 0 aliphatic heterocycles. The number of benzene rings is 1. The predicted octanol–water partition coefficient (Wildman–Crippen LogP) is 3.47. The number of nitrogens with one attached hydrogen (secondary N) is 2. The average Bonchev–Trinajstić information content (AvgIpc) is 2.39. The van der Waals surface area contributed by atoms with Crippen LogP contribution >= 0.6 is 12.4 Å². The molecule has 0 bridgehead atoms. The van der Waals surface area contributed by atoms with Gasteiger partial charge in [0.25, 0.3) is 0 Å². The predicted molar refractivity (Wildman–Crippen MR) is 90.4 cm³/mol. The molecule has 1 aromatic rings. The number of hydrogen-bond acceptors (Lipinski definition) is 3. The Hall–Kier alpha value is -1.26. The van der Waals surface area contributed by atoms with Crippen molar-refractivity contribution in [3.8, 4) is 5.75 Å². The lowest BCUT2D eigenvalue weighted by Gasteiger charge is -2.10. The van der Waals surface area contributed by atoms with Gasteiger partial charge >= 0.3 is 0 Å². The van der Waals surface area contributed by atoms with Gasteiger partial charge in [0.15, 0.2) is 0 Å². The van der Waals surface area contributed by atoms with Crippen LogP contribution in [0.2, 0.25) is 0 Å². The minimum absolute atomic E-state index is 0. The molecule has 0 saturated carbocycles. The van der Waals surface area contributed by atoms with E-state index >= 15 is 0 Å². The van der Waals surface area contributed by atoms with Crippen molar-refractivity contribution in [3.05, 3.63) is 24.3 Å². The van der Waals surface area contributed by atoms with Crippen molar-refractivity contribution in [1.29, 1.82) is 0 Å². The zero-order valence-corrected chi connectivity index (χ0v) is 14.0. The molecule has 0 spiro atoms. The zero-order chi connectivity index (χ0) is 14.8. The Kier molecular flexibility index (Phi) is 10.7. The summed E-state index contributed by atoms with van der Waals surface area (Å²) in [6.45, 7) is 5.90. The van der Waals surface area contributed by atoms with Crippen LogP contribution in [0.5, 0.6) is 5.75 Å². The maximum atomic E-state index is 11.7. The lowest BCUT2D eigenvalue weighted by atomic mass is 10.1. The van der Waals surface area contributed by atoms with Gasteiger partial charge in [0.2, 0.25) is 5.91 Å². The van der Waals surface area contributed by atoms with Crippen LogP contribution in [-0.2, 0) is 4.79 Å². The van der Waals surface area contributed by atoms with Crippen molar-refractivity contribution in [2.45, 2.75) is 33.1 Å². The van der Waals surface area contributed by atoms with Gasteiger partial charge in [-0.25, -0.2) is 0 Å².